The number of benzene rings is 1. The maximum absolute atomic E-state index is 13.8. The highest BCUT2D eigenvalue weighted by Gasteiger charge is 2.54. The second-order valence-electron chi connectivity index (χ2n) is 9.05. The summed E-state index contributed by atoms with van der Waals surface area (Å²) in [7, 11) is 0. The molecule has 172 valence electrons. The fourth-order valence-electron chi connectivity index (χ4n) is 5.53. The minimum atomic E-state index is -1.23. The van der Waals surface area contributed by atoms with Crippen molar-refractivity contribution in [1.29, 1.82) is 0 Å². The average Bonchev–Trinajstić information content (AvgIpc) is 3.46. The first-order valence-electron chi connectivity index (χ1n) is 11.3. The first-order valence-corrected chi connectivity index (χ1v) is 12.5. The van der Waals surface area contributed by atoms with Crippen LogP contribution in [0.4, 0.5) is 0 Å². The molecular weight excluding hydrogens is 448 g/mol. The largest absolute Gasteiger partial charge is 0.481 e. The molecule has 1 aliphatic carbocycles. The second-order valence-corrected chi connectivity index (χ2v) is 10.3. The number of nitrogens with one attached hydrogen (secondary N) is 1. The molecular formula is C24H29ClN2O4S. The quantitative estimate of drug-likeness (QED) is 0.570. The third-order valence-electron chi connectivity index (χ3n) is 7.17. The van der Waals surface area contributed by atoms with E-state index in [9.17, 15) is 19.8 Å². The van der Waals surface area contributed by atoms with Crippen LogP contribution in [0.2, 0.25) is 5.02 Å². The highest BCUT2D eigenvalue weighted by Crippen LogP contribution is 2.50. The molecule has 1 saturated carbocycles. The number of aliphatic hydroxyl groups is 1. The summed E-state index contributed by atoms with van der Waals surface area (Å²) in [5.41, 5.74) is 0.200. The molecule has 1 aliphatic heterocycles. The van der Waals surface area contributed by atoms with Gasteiger partial charge in [-0.3, -0.25) is 9.59 Å². The Bertz CT molecular complexity index is 974. The predicted octanol–water partition coefficient (Wildman–Crippen LogP) is 4.50. The van der Waals surface area contributed by atoms with Crippen molar-refractivity contribution in [3.8, 4) is 11.3 Å². The van der Waals surface area contributed by atoms with Gasteiger partial charge in [0.15, 0.2) is 0 Å². The van der Waals surface area contributed by atoms with E-state index in [0.29, 0.717) is 28.7 Å². The Kier molecular flexibility index (Phi) is 7.17. The van der Waals surface area contributed by atoms with Crippen LogP contribution in [0.25, 0.3) is 11.3 Å². The van der Waals surface area contributed by atoms with Gasteiger partial charge in [0.1, 0.15) is 10.4 Å². The lowest BCUT2D eigenvalue weighted by molar-refractivity contribution is -0.145. The zero-order valence-corrected chi connectivity index (χ0v) is 19.5. The van der Waals surface area contributed by atoms with Crippen LogP contribution in [-0.4, -0.2) is 40.2 Å². The number of carbonyl (C=O) groups is 2. The minimum absolute atomic E-state index is 0.0114. The summed E-state index contributed by atoms with van der Waals surface area (Å²) in [4.78, 5) is 30.7. The number of hydrogen-bond acceptors (Lipinski definition) is 5. The average molecular weight is 477 g/mol. The number of carboxylic acid groups (broad SMARTS) is 1. The topological polar surface area (TPSA) is 99.5 Å². The Morgan fingerprint density at radius 2 is 1.97 bits per heavy atom. The minimum Gasteiger partial charge on any atom is -0.481 e. The molecule has 2 fully saturated rings. The summed E-state index contributed by atoms with van der Waals surface area (Å²) >= 11 is 7.73. The number of carbonyl (C=O) groups excluding carboxylic acids is 1. The lowest BCUT2D eigenvalue weighted by Crippen LogP contribution is -2.55. The van der Waals surface area contributed by atoms with Crippen LogP contribution in [0.15, 0.2) is 29.6 Å². The van der Waals surface area contributed by atoms with Gasteiger partial charge in [-0.25, -0.2) is 4.98 Å². The molecule has 1 saturated heterocycles. The van der Waals surface area contributed by atoms with Gasteiger partial charge >= 0.3 is 5.97 Å². The standard InChI is InChI=1S/C24H29ClN2O4S/c25-19-8-4-3-7-17(19)20-14-32-23(27-20)24(11-21(29)30)18(16-5-1-2-6-16)10-9-15(13-28)12-26-22(24)31/h3-4,7-8,14-16,18,28H,1-2,5-6,9-13H2,(H,26,31)(H,29,30)/t15-,18-,24+/m1/s1. The van der Waals surface area contributed by atoms with Crippen LogP contribution < -0.4 is 5.32 Å². The summed E-state index contributed by atoms with van der Waals surface area (Å²) in [5, 5.41) is 25.6. The number of rotatable bonds is 6. The monoisotopic (exact) mass is 476 g/mol. The summed E-state index contributed by atoms with van der Waals surface area (Å²) in [6.45, 7) is 0.355. The molecule has 0 spiro atoms. The lowest BCUT2D eigenvalue weighted by atomic mass is 9.63. The number of hydrogen-bond donors (Lipinski definition) is 3. The molecule has 0 unspecified atom stereocenters. The van der Waals surface area contributed by atoms with E-state index in [0.717, 1.165) is 37.7 Å². The van der Waals surface area contributed by atoms with Gasteiger partial charge in [0, 0.05) is 29.1 Å². The van der Waals surface area contributed by atoms with Gasteiger partial charge in [-0.15, -0.1) is 11.3 Å². The molecule has 4 rings (SSSR count). The number of carboxylic acids is 1. The summed E-state index contributed by atoms with van der Waals surface area (Å²) in [5.74, 6) is -1.17. The Hall–Kier alpha value is -1.96. The van der Waals surface area contributed by atoms with Crippen molar-refractivity contribution in [2.45, 2.75) is 50.4 Å². The summed E-state index contributed by atoms with van der Waals surface area (Å²) in [6, 6.07) is 7.40. The first-order chi connectivity index (χ1) is 15.5. The van der Waals surface area contributed by atoms with Crippen molar-refractivity contribution in [1.82, 2.24) is 10.3 Å². The van der Waals surface area contributed by atoms with Gasteiger partial charge in [0.25, 0.3) is 0 Å². The molecule has 2 aromatic rings. The van der Waals surface area contributed by atoms with Crippen LogP contribution in [0.1, 0.15) is 50.0 Å². The van der Waals surface area contributed by atoms with Crippen LogP contribution in [-0.2, 0) is 15.0 Å². The van der Waals surface area contributed by atoms with Gasteiger partial charge in [-0.1, -0.05) is 55.5 Å². The summed E-state index contributed by atoms with van der Waals surface area (Å²) in [6.07, 6.45) is 5.34. The van der Waals surface area contributed by atoms with E-state index >= 15 is 0 Å². The maximum Gasteiger partial charge on any atom is 0.304 e. The van der Waals surface area contributed by atoms with E-state index in [1.54, 1.807) is 6.07 Å². The van der Waals surface area contributed by atoms with Crippen molar-refractivity contribution in [2.24, 2.45) is 17.8 Å². The molecule has 1 aromatic carbocycles. The fraction of sp³-hybridized carbons (Fsp3) is 0.542. The molecule has 32 heavy (non-hydrogen) atoms. The number of aliphatic hydroxyl groups excluding tert-OH is 1. The van der Waals surface area contributed by atoms with Gasteiger partial charge in [-0.05, 0) is 36.7 Å². The normalized spacial score (nSPS) is 27.0. The molecule has 0 radical (unpaired) electrons. The number of halogens is 1. The van der Waals surface area contributed by atoms with Gasteiger partial charge in [0.2, 0.25) is 5.91 Å². The number of amides is 1. The highest BCUT2D eigenvalue weighted by molar-refractivity contribution is 7.10. The van der Waals surface area contributed by atoms with E-state index < -0.39 is 11.4 Å². The van der Waals surface area contributed by atoms with Gasteiger partial charge in [0.05, 0.1) is 12.1 Å². The Morgan fingerprint density at radius 3 is 2.66 bits per heavy atom. The highest BCUT2D eigenvalue weighted by atomic mass is 35.5. The van der Waals surface area contributed by atoms with Crippen molar-refractivity contribution in [3.63, 3.8) is 0 Å². The molecule has 2 heterocycles. The molecule has 6 nitrogen and oxygen atoms in total. The fourth-order valence-corrected chi connectivity index (χ4v) is 6.85. The maximum atomic E-state index is 13.8. The smallest absolute Gasteiger partial charge is 0.304 e. The van der Waals surface area contributed by atoms with Crippen molar-refractivity contribution in [2.75, 3.05) is 13.2 Å². The van der Waals surface area contributed by atoms with Crippen LogP contribution in [0.5, 0.6) is 0 Å². The molecule has 3 N–H and O–H groups in total. The van der Waals surface area contributed by atoms with Crippen LogP contribution >= 0.6 is 22.9 Å². The number of nitrogens with zero attached hydrogens (tertiary/aromatic N) is 1. The molecule has 3 atom stereocenters. The number of aromatic nitrogens is 1. The van der Waals surface area contributed by atoms with Crippen LogP contribution in [0, 0.1) is 17.8 Å². The molecule has 1 aromatic heterocycles. The SMILES string of the molecule is O=C(O)C[C@@]1(c2nc(-c3ccccc3Cl)cs2)C(=O)NC[C@H](CO)CC[C@@H]1C1CCCC1. The van der Waals surface area contributed by atoms with E-state index in [4.69, 9.17) is 16.6 Å². The van der Waals surface area contributed by atoms with E-state index in [1.165, 1.54) is 11.3 Å². The first kappa shape index (κ1) is 23.2. The summed E-state index contributed by atoms with van der Waals surface area (Å²) < 4.78 is 0. The molecule has 1 amide bonds. The lowest BCUT2D eigenvalue weighted by Gasteiger charge is -2.42. The van der Waals surface area contributed by atoms with Crippen molar-refractivity contribution in [3.05, 3.63) is 39.7 Å². The Balaban J connectivity index is 1.83. The zero-order valence-electron chi connectivity index (χ0n) is 17.9. The second kappa shape index (κ2) is 9.89. The zero-order chi connectivity index (χ0) is 22.7. The third kappa shape index (κ3) is 4.43. The molecule has 0 bridgehead atoms. The number of aliphatic carboxylic acids is 1. The Morgan fingerprint density at radius 1 is 1.22 bits per heavy atom. The molecule has 2 aliphatic rings. The van der Waals surface area contributed by atoms with E-state index in [1.807, 2.05) is 23.6 Å². The van der Waals surface area contributed by atoms with E-state index in [2.05, 4.69) is 5.32 Å². The molecule has 8 heteroatoms. The van der Waals surface area contributed by atoms with Crippen molar-refractivity contribution >= 4 is 34.8 Å². The number of thiazole rings is 1. The van der Waals surface area contributed by atoms with Gasteiger partial charge in [-0.2, -0.15) is 0 Å². The van der Waals surface area contributed by atoms with Crippen molar-refractivity contribution < 1.29 is 19.8 Å². The van der Waals surface area contributed by atoms with Crippen LogP contribution in [0.3, 0.4) is 0 Å². The Labute approximate surface area is 197 Å². The van der Waals surface area contributed by atoms with E-state index in [-0.39, 0.29) is 36.7 Å². The predicted molar refractivity (Wildman–Crippen MR) is 125 cm³/mol. The third-order valence-corrected chi connectivity index (χ3v) is 8.52. The van der Waals surface area contributed by atoms with Gasteiger partial charge < -0.3 is 15.5 Å².